The maximum atomic E-state index is 6.13. The van der Waals surface area contributed by atoms with Gasteiger partial charge in [0, 0.05) is 19.6 Å². The summed E-state index contributed by atoms with van der Waals surface area (Å²) in [6, 6.07) is 9.17. The fourth-order valence-corrected chi connectivity index (χ4v) is 3.86. The number of ether oxygens (including phenoxy) is 1. The van der Waals surface area contributed by atoms with E-state index in [9.17, 15) is 0 Å². The van der Waals surface area contributed by atoms with Gasteiger partial charge >= 0.3 is 0 Å². The van der Waals surface area contributed by atoms with Crippen molar-refractivity contribution in [1.82, 2.24) is 15.1 Å². The van der Waals surface area contributed by atoms with Gasteiger partial charge in [0.15, 0.2) is 5.96 Å². The molecule has 0 bridgehead atoms. The van der Waals surface area contributed by atoms with Crippen molar-refractivity contribution in [2.24, 2.45) is 10.7 Å². The number of guanidine groups is 1. The van der Waals surface area contributed by atoms with E-state index in [1.807, 2.05) is 0 Å². The molecule has 1 aromatic rings. The fourth-order valence-electron chi connectivity index (χ4n) is 3.86. The van der Waals surface area contributed by atoms with Crippen molar-refractivity contribution in [1.29, 1.82) is 0 Å². The van der Waals surface area contributed by atoms with Gasteiger partial charge in [-0.3, -0.25) is 14.8 Å². The Labute approximate surface area is 163 Å². The molecule has 2 fully saturated rings. The van der Waals surface area contributed by atoms with E-state index in [4.69, 9.17) is 10.5 Å². The third-order valence-corrected chi connectivity index (χ3v) is 5.54. The van der Waals surface area contributed by atoms with E-state index in [0.717, 1.165) is 58.9 Å². The van der Waals surface area contributed by atoms with E-state index >= 15 is 0 Å². The highest BCUT2D eigenvalue weighted by Crippen LogP contribution is 2.25. The molecule has 27 heavy (non-hydrogen) atoms. The first kappa shape index (κ1) is 20.1. The minimum absolute atomic E-state index is 0.321. The lowest BCUT2D eigenvalue weighted by molar-refractivity contribution is 0.0376. The molecule has 6 nitrogen and oxygen atoms in total. The molecule has 0 spiro atoms. The number of nitrogens with zero attached hydrogens (tertiary/aromatic N) is 3. The molecular formula is C21H35N5O. The molecule has 0 saturated carbocycles. The van der Waals surface area contributed by atoms with Crippen molar-refractivity contribution in [2.45, 2.75) is 32.2 Å². The van der Waals surface area contributed by atoms with Crippen molar-refractivity contribution in [3.05, 3.63) is 35.4 Å². The van der Waals surface area contributed by atoms with Crippen LogP contribution in [0, 0.1) is 6.92 Å². The van der Waals surface area contributed by atoms with Gasteiger partial charge in [-0.2, -0.15) is 0 Å². The van der Waals surface area contributed by atoms with Crippen LogP contribution in [0.5, 0.6) is 0 Å². The lowest BCUT2D eigenvalue weighted by Gasteiger charge is -2.27. The molecule has 1 unspecified atom stereocenters. The normalized spacial score (nSPS) is 20.7. The van der Waals surface area contributed by atoms with Crippen molar-refractivity contribution in [3.8, 4) is 0 Å². The van der Waals surface area contributed by atoms with Crippen LogP contribution < -0.4 is 11.1 Å². The molecule has 2 aliphatic rings. The van der Waals surface area contributed by atoms with Gasteiger partial charge < -0.3 is 15.8 Å². The number of benzene rings is 1. The summed E-state index contributed by atoms with van der Waals surface area (Å²) in [6.07, 6.45) is 3.63. The van der Waals surface area contributed by atoms with Crippen molar-refractivity contribution >= 4 is 5.96 Å². The van der Waals surface area contributed by atoms with Crippen LogP contribution in [0.25, 0.3) is 0 Å². The number of likely N-dealkylation sites (tertiary alicyclic amines) is 1. The van der Waals surface area contributed by atoms with Gasteiger partial charge in [-0.15, -0.1) is 0 Å². The smallest absolute Gasteiger partial charge is 0.188 e. The lowest BCUT2D eigenvalue weighted by Crippen LogP contribution is -2.39. The maximum absolute atomic E-state index is 6.13. The number of morpholine rings is 1. The molecule has 1 aromatic carbocycles. The third kappa shape index (κ3) is 6.48. The van der Waals surface area contributed by atoms with Crippen LogP contribution in [0.15, 0.2) is 29.3 Å². The Balaban J connectivity index is 1.46. The monoisotopic (exact) mass is 373 g/mol. The predicted octanol–water partition coefficient (Wildman–Crippen LogP) is 1.76. The van der Waals surface area contributed by atoms with Gasteiger partial charge in [0.1, 0.15) is 0 Å². The molecular weight excluding hydrogens is 338 g/mol. The fraction of sp³-hybridized carbons (Fsp3) is 0.667. The van der Waals surface area contributed by atoms with Crippen LogP contribution in [0.2, 0.25) is 0 Å². The molecule has 6 heteroatoms. The van der Waals surface area contributed by atoms with E-state index in [1.165, 1.54) is 24.0 Å². The first-order valence-corrected chi connectivity index (χ1v) is 10.4. The Morgan fingerprint density at radius 1 is 1.15 bits per heavy atom. The summed E-state index contributed by atoms with van der Waals surface area (Å²) in [4.78, 5) is 9.65. The molecule has 2 heterocycles. The number of nitrogens with one attached hydrogen (secondary N) is 1. The van der Waals surface area contributed by atoms with Crippen LogP contribution in [-0.2, 0) is 4.74 Å². The van der Waals surface area contributed by atoms with Gasteiger partial charge in [-0.05, 0) is 51.4 Å². The Hall–Kier alpha value is -1.63. The molecule has 0 radical (unpaired) electrons. The molecule has 1 atom stereocenters. The van der Waals surface area contributed by atoms with E-state index in [-0.39, 0.29) is 0 Å². The molecule has 2 saturated heterocycles. The average Bonchev–Trinajstić information content (AvgIpc) is 3.22. The zero-order chi connectivity index (χ0) is 18.9. The maximum Gasteiger partial charge on any atom is 0.188 e. The molecule has 0 aliphatic carbocycles. The molecule has 0 aromatic heterocycles. The largest absolute Gasteiger partial charge is 0.379 e. The number of aryl methyl sites for hydroxylation is 1. The summed E-state index contributed by atoms with van der Waals surface area (Å²) in [7, 11) is 0. The van der Waals surface area contributed by atoms with E-state index in [0.29, 0.717) is 18.5 Å². The number of hydrogen-bond acceptors (Lipinski definition) is 4. The minimum atomic E-state index is 0.321. The Morgan fingerprint density at radius 2 is 1.85 bits per heavy atom. The van der Waals surface area contributed by atoms with Gasteiger partial charge in [0.25, 0.3) is 0 Å². The first-order chi connectivity index (χ1) is 13.2. The predicted molar refractivity (Wildman–Crippen MR) is 111 cm³/mol. The SMILES string of the molecule is Cc1ccc(C(CN=C(N)NCCCN2CCOCC2)N2CCCC2)cc1. The van der Waals surface area contributed by atoms with Gasteiger partial charge in [0.2, 0.25) is 0 Å². The third-order valence-electron chi connectivity index (χ3n) is 5.54. The highest BCUT2D eigenvalue weighted by atomic mass is 16.5. The molecule has 150 valence electrons. The Bertz CT molecular complexity index is 577. The van der Waals surface area contributed by atoms with Crippen LogP contribution in [0.4, 0.5) is 0 Å². The summed E-state index contributed by atoms with van der Waals surface area (Å²) >= 11 is 0. The number of hydrogen-bond donors (Lipinski definition) is 2. The van der Waals surface area contributed by atoms with Crippen molar-refractivity contribution < 1.29 is 4.74 Å². The standard InChI is InChI=1S/C21H35N5O/c1-18-5-7-19(8-6-18)20(26-11-2-3-12-26)17-24-21(22)23-9-4-10-25-13-15-27-16-14-25/h5-8,20H,2-4,9-17H2,1H3,(H3,22,23,24). The molecule has 3 N–H and O–H groups in total. The second kappa shape index (κ2) is 10.6. The molecule has 3 rings (SSSR count). The summed E-state index contributed by atoms with van der Waals surface area (Å²) in [5, 5.41) is 3.28. The summed E-state index contributed by atoms with van der Waals surface area (Å²) < 4.78 is 5.38. The van der Waals surface area contributed by atoms with Crippen LogP contribution in [0.3, 0.4) is 0 Å². The topological polar surface area (TPSA) is 66.1 Å². The van der Waals surface area contributed by atoms with Crippen LogP contribution in [-0.4, -0.2) is 74.8 Å². The number of rotatable bonds is 8. The van der Waals surface area contributed by atoms with E-state index in [1.54, 1.807) is 0 Å². The average molecular weight is 374 g/mol. The summed E-state index contributed by atoms with van der Waals surface area (Å²) in [5.74, 6) is 0.563. The van der Waals surface area contributed by atoms with Crippen LogP contribution in [0.1, 0.15) is 36.4 Å². The first-order valence-electron chi connectivity index (χ1n) is 10.4. The minimum Gasteiger partial charge on any atom is -0.379 e. The van der Waals surface area contributed by atoms with E-state index < -0.39 is 0 Å². The highest BCUT2D eigenvalue weighted by Gasteiger charge is 2.23. The van der Waals surface area contributed by atoms with Crippen molar-refractivity contribution in [3.63, 3.8) is 0 Å². The lowest BCUT2D eigenvalue weighted by atomic mass is 10.0. The van der Waals surface area contributed by atoms with Gasteiger partial charge in [0.05, 0.1) is 25.8 Å². The molecule has 2 aliphatic heterocycles. The summed E-state index contributed by atoms with van der Waals surface area (Å²) in [5.41, 5.74) is 8.76. The molecule has 0 amide bonds. The zero-order valence-electron chi connectivity index (χ0n) is 16.7. The van der Waals surface area contributed by atoms with Gasteiger partial charge in [-0.25, -0.2) is 0 Å². The van der Waals surface area contributed by atoms with Crippen molar-refractivity contribution in [2.75, 3.05) is 59.0 Å². The number of aliphatic imine (C=N–C) groups is 1. The van der Waals surface area contributed by atoms with E-state index in [2.05, 4.69) is 51.3 Å². The Morgan fingerprint density at radius 3 is 2.56 bits per heavy atom. The second-order valence-corrected chi connectivity index (χ2v) is 7.63. The highest BCUT2D eigenvalue weighted by molar-refractivity contribution is 5.77. The zero-order valence-corrected chi connectivity index (χ0v) is 16.7. The quantitative estimate of drug-likeness (QED) is 0.413. The number of nitrogens with two attached hydrogens (primary N) is 1. The Kier molecular flexibility index (Phi) is 7.93. The second-order valence-electron chi connectivity index (χ2n) is 7.63. The van der Waals surface area contributed by atoms with Gasteiger partial charge in [-0.1, -0.05) is 29.8 Å². The van der Waals surface area contributed by atoms with Crippen LogP contribution >= 0.6 is 0 Å². The summed E-state index contributed by atoms with van der Waals surface area (Å²) in [6.45, 7) is 10.9.